The third kappa shape index (κ3) is 3.73. The molecule has 8 nitrogen and oxygen atoms in total. The van der Waals surface area contributed by atoms with Gasteiger partial charge in [-0.2, -0.15) is 0 Å². The Kier molecular flexibility index (Phi) is 5.45. The first kappa shape index (κ1) is 18.4. The molecule has 4 unspecified atom stereocenters. The number of hydrogen-bond acceptors (Lipinski definition) is 5. The van der Waals surface area contributed by atoms with Crippen LogP contribution in [0.2, 0.25) is 0 Å². The van der Waals surface area contributed by atoms with E-state index in [1.165, 1.54) is 4.90 Å². The molecule has 3 fully saturated rings. The largest absolute Gasteiger partial charge is 0.379 e. The van der Waals surface area contributed by atoms with Crippen LogP contribution in [-0.2, 0) is 14.3 Å². The predicted octanol–water partition coefficient (Wildman–Crippen LogP) is -0.580. The van der Waals surface area contributed by atoms with Crippen LogP contribution in [0.3, 0.4) is 0 Å². The molecular weight excluding hydrogens is 346 g/mol. The molecule has 2 heterocycles. The van der Waals surface area contributed by atoms with Crippen molar-refractivity contribution in [1.29, 1.82) is 0 Å². The molecule has 148 valence electrons. The van der Waals surface area contributed by atoms with Crippen molar-refractivity contribution in [2.45, 2.75) is 12.8 Å². The number of nitrogens with two attached hydrogens (primary N) is 1. The van der Waals surface area contributed by atoms with Gasteiger partial charge in [0, 0.05) is 39.3 Å². The number of hydrogen-bond donors (Lipinski definition) is 2. The summed E-state index contributed by atoms with van der Waals surface area (Å²) >= 11 is 0. The molecule has 8 heteroatoms. The van der Waals surface area contributed by atoms with E-state index in [2.05, 4.69) is 27.4 Å². The highest BCUT2D eigenvalue weighted by Crippen LogP contribution is 2.52. The van der Waals surface area contributed by atoms with Crippen molar-refractivity contribution in [3.8, 4) is 0 Å². The van der Waals surface area contributed by atoms with Gasteiger partial charge >= 0.3 is 0 Å². The van der Waals surface area contributed by atoms with Gasteiger partial charge in [0.25, 0.3) is 0 Å². The average Bonchev–Trinajstić information content (AvgIpc) is 3.36. The summed E-state index contributed by atoms with van der Waals surface area (Å²) in [6.45, 7) is 6.03. The molecule has 2 saturated heterocycles. The van der Waals surface area contributed by atoms with Crippen LogP contribution in [0.15, 0.2) is 17.1 Å². The number of carbonyl (C=O) groups excluding carboxylic acids is 2. The van der Waals surface area contributed by atoms with E-state index in [0.29, 0.717) is 25.6 Å². The Morgan fingerprint density at radius 2 is 1.81 bits per heavy atom. The third-order valence-electron chi connectivity index (χ3n) is 6.22. The number of ether oxygens (including phenoxy) is 1. The van der Waals surface area contributed by atoms with Crippen molar-refractivity contribution in [2.24, 2.45) is 34.4 Å². The van der Waals surface area contributed by atoms with Gasteiger partial charge in [0.1, 0.15) is 0 Å². The number of carbonyl (C=O) groups is 2. The summed E-state index contributed by atoms with van der Waals surface area (Å²) in [4.78, 5) is 33.3. The molecule has 0 spiro atoms. The number of guanidine groups is 1. The second-order valence-electron chi connectivity index (χ2n) is 7.83. The Morgan fingerprint density at radius 3 is 2.48 bits per heavy atom. The van der Waals surface area contributed by atoms with Gasteiger partial charge in [-0.05, 0) is 24.7 Å². The first-order valence-electron chi connectivity index (χ1n) is 10.0. The maximum atomic E-state index is 12.6. The van der Waals surface area contributed by atoms with E-state index in [4.69, 9.17) is 10.5 Å². The van der Waals surface area contributed by atoms with E-state index >= 15 is 0 Å². The number of aliphatic imine (C=N–C) groups is 1. The van der Waals surface area contributed by atoms with Crippen molar-refractivity contribution in [2.75, 3.05) is 52.5 Å². The molecule has 0 aromatic carbocycles. The smallest absolute Gasteiger partial charge is 0.233 e. The maximum absolute atomic E-state index is 12.6. The minimum Gasteiger partial charge on any atom is -0.379 e. The number of fused-ring (bicyclic) bond motifs is 5. The zero-order chi connectivity index (χ0) is 18.8. The van der Waals surface area contributed by atoms with Crippen LogP contribution in [0.5, 0.6) is 0 Å². The molecule has 4 rings (SSSR count). The molecule has 0 aromatic rings. The second kappa shape index (κ2) is 7.98. The van der Waals surface area contributed by atoms with Crippen molar-refractivity contribution in [3.63, 3.8) is 0 Å². The lowest BCUT2D eigenvalue weighted by Crippen LogP contribution is -2.42. The van der Waals surface area contributed by atoms with Crippen LogP contribution in [0, 0.1) is 23.7 Å². The van der Waals surface area contributed by atoms with E-state index in [1.54, 1.807) is 0 Å². The summed E-state index contributed by atoms with van der Waals surface area (Å²) in [6, 6.07) is 0. The molecule has 27 heavy (non-hydrogen) atoms. The van der Waals surface area contributed by atoms with Crippen molar-refractivity contribution < 1.29 is 14.3 Å². The quantitative estimate of drug-likeness (QED) is 0.203. The van der Waals surface area contributed by atoms with Crippen LogP contribution >= 0.6 is 0 Å². The fourth-order valence-electron chi connectivity index (χ4n) is 4.85. The lowest BCUT2D eigenvalue weighted by atomic mass is 9.85. The number of nitrogens with one attached hydrogen (secondary N) is 1. The molecule has 0 radical (unpaired) electrons. The number of likely N-dealkylation sites (tertiary alicyclic amines) is 1. The number of allylic oxidation sites excluding steroid dienone is 2. The summed E-state index contributed by atoms with van der Waals surface area (Å²) < 4.78 is 5.33. The Balaban J connectivity index is 1.16. The zero-order valence-electron chi connectivity index (χ0n) is 15.7. The van der Waals surface area contributed by atoms with Crippen molar-refractivity contribution in [1.82, 2.24) is 15.1 Å². The maximum Gasteiger partial charge on any atom is 0.233 e. The van der Waals surface area contributed by atoms with Gasteiger partial charge in [-0.3, -0.25) is 24.4 Å². The van der Waals surface area contributed by atoms with E-state index < -0.39 is 0 Å². The fraction of sp³-hybridized carbons (Fsp3) is 0.737. The van der Waals surface area contributed by atoms with Crippen LogP contribution in [0.1, 0.15) is 12.8 Å². The lowest BCUT2D eigenvalue weighted by Gasteiger charge is -2.26. The summed E-state index contributed by atoms with van der Waals surface area (Å²) in [5, 5.41) is 3.03. The number of amides is 2. The Labute approximate surface area is 159 Å². The minimum absolute atomic E-state index is 0.00956. The third-order valence-corrected chi connectivity index (χ3v) is 6.22. The number of rotatable bonds is 7. The molecule has 4 atom stereocenters. The Bertz CT molecular complexity index is 613. The zero-order valence-corrected chi connectivity index (χ0v) is 15.7. The van der Waals surface area contributed by atoms with Gasteiger partial charge in [-0.25, -0.2) is 0 Å². The van der Waals surface area contributed by atoms with Crippen molar-refractivity contribution >= 4 is 17.8 Å². The number of morpholine rings is 1. The highest BCUT2D eigenvalue weighted by molar-refractivity contribution is 6.06. The van der Waals surface area contributed by atoms with Crippen LogP contribution in [0.4, 0.5) is 0 Å². The molecule has 1 saturated carbocycles. The lowest BCUT2D eigenvalue weighted by molar-refractivity contribution is -0.140. The standard InChI is InChI=1S/C19H29N5O3/c20-19(21-4-1-6-23-8-10-27-11-9-23)22-5-7-24-17(25)15-13-2-3-14(12-13)16(15)18(24)26/h2-3,13-16H,1,4-12H2,(H3,20,21,22). The monoisotopic (exact) mass is 375 g/mol. The van der Waals surface area contributed by atoms with Gasteiger partial charge in [0.2, 0.25) is 11.8 Å². The SMILES string of the molecule is NC(=NCCCN1CCOCC1)NCCN1C(=O)C2C3C=CC(C3)C2C1=O. The predicted molar refractivity (Wildman–Crippen MR) is 101 cm³/mol. The van der Waals surface area contributed by atoms with Crippen LogP contribution < -0.4 is 11.1 Å². The normalized spacial score (nSPS) is 33.2. The first-order chi connectivity index (χ1) is 13.1. The van der Waals surface area contributed by atoms with E-state index in [1.807, 2.05) is 0 Å². The van der Waals surface area contributed by atoms with Gasteiger partial charge in [-0.1, -0.05) is 12.2 Å². The highest BCUT2D eigenvalue weighted by Gasteiger charge is 2.58. The van der Waals surface area contributed by atoms with E-state index in [9.17, 15) is 9.59 Å². The molecule has 4 aliphatic rings. The van der Waals surface area contributed by atoms with Gasteiger partial charge < -0.3 is 15.8 Å². The highest BCUT2D eigenvalue weighted by atomic mass is 16.5. The molecule has 2 amide bonds. The number of imide groups is 1. The van der Waals surface area contributed by atoms with Gasteiger partial charge in [-0.15, -0.1) is 0 Å². The van der Waals surface area contributed by atoms with E-state index in [0.717, 1.165) is 45.7 Å². The van der Waals surface area contributed by atoms with Gasteiger partial charge in [0.05, 0.1) is 25.0 Å². The Morgan fingerprint density at radius 1 is 1.15 bits per heavy atom. The molecule has 3 N–H and O–H groups in total. The molecule has 2 aliphatic carbocycles. The molecule has 0 aromatic heterocycles. The van der Waals surface area contributed by atoms with Crippen molar-refractivity contribution in [3.05, 3.63) is 12.2 Å². The van der Waals surface area contributed by atoms with Crippen LogP contribution in [-0.4, -0.2) is 80.1 Å². The molecule has 2 bridgehead atoms. The average molecular weight is 375 g/mol. The fourth-order valence-corrected chi connectivity index (χ4v) is 4.85. The van der Waals surface area contributed by atoms with Gasteiger partial charge in [0.15, 0.2) is 5.96 Å². The summed E-state index contributed by atoms with van der Waals surface area (Å²) in [5.74, 6) is 0.616. The summed E-state index contributed by atoms with van der Waals surface area (Å²) in [5.41, 5.74) is 5.90. The number of nitrogens with zero attached hydrogens (tertiary/aromatic N) is 3. The Hall–Kier alpha value is -1.93. The summed E-state index contributed by atoms with van der Waals surface area (Å²) in [7, 11) is 0. The molecular formula is C19H29N5O3. The minimum atomic E-state index is -0.126. The molecule has 2 aliphatic heterocycles. The van der Waals surface area contributed by atoms with Crippen LogP contribution in [0.25, 0.3) is 0 Å². The topological polar surface area (TPSA) is 100 Å². The second-order valence-corrected chi connectivity index (χ2v) is 7.83. The van der Waals surface area contributed by atoms with E-state index in [-0.39, 0.29) is 35.5 Å². The summed E-state index contributed by atoms with van der Waals surface area (Å²) in [6.07, 6.45) is 6.13. The first-order valence-corrected chi connectivity index (χ1v) is 10.0.